The van der Waals surface area contributed by atoms with Crippen molar-refractivity contribution in [1.29, 1.82) is 0 Å². The maximum Gasteiger partial charge on any atom is 0.259 e. The molecule has 2 aromatic carbocycles. The number of H-pyrrole nitrogens is 1. The van der Waals surface area contributed by atoms with Crippen molar-refractivity contribution in [3.63, 3.8) is 0 Å². The summed E-state index contributed by atoms with van der Waals surface area (Å²) in [5.74, 6) is 0.0618. The van der Waals surface area contributed by atoms with Crippen LogP contribution in [0.1, 0.15) is 41.6 Å². The van der Waals surface area contributed by atoms with Crippen molar-refractivity contribution >= 4 is 28.4 Å². The standard InChI is InChI=1S/C28H34N4O3/c33-26(9-6-22-19-35-17-14-29-22)31-28(34)24-7-8-25-23(10-13-30-25)27(24)32-15-11-21(12-16-32)18-20-4-2-1-3-5-20/h1-5,7-8,10,13,21-22,29-30H,6,9,11-12,14-19H2,(H,31,33,34). The van der Waals surface area contributed by atoms with E-state index in [1.165, 1.54) is 5.56 Å². The number of nitrogens with one attached hydrogen (secondary N) is 3. The van der Waals surface area contributed by atoms with Crippen LogP contribution in [0.2, 0.25) is 0 Å². The monoisotopic (exact) mass is 474 g/mol. The molecule has 0 aliphatic carbocycles. The summed E-state index contributed by atoms with van der Waals surface area (Å²) < 4.78 is 5.45. The summed E-state index contributed by atoms with van der Waals surface area (Å²) in [6.45, 7) is 3.89. The fourth-order valence-corrected chi connectivity index (χ4v) is 5.32. The first-order valence-electron chi connectivity index (χ1n) is 12.7. The molecule has 3 aromatic rings. The minimum absolute atomic E-state index is 0.161. The molecule has 3 N–H and O–H groups in total. The van der Waals surface area contributed by atoms with E-state index in [0.717, 1.165) is 55.5 Å². The highest BCUT2D eigenvalue weighted by Gasteiger charge is 2.26. The number of nitrogens with zero attached hydrogens (tertiary/aromatic N) is 1. The molecule has 0 saturated carbocycles. The Bertz CT molecular complexity index is 1150. The van der Waals surface area contributed by atoms with Gasteiger partial charge in [0.15, 0.2) is 0 Å². The molecule has 2 saturated heterocycles. The molecule has 1 aromatic heterocycles. The van der Waals surface area contributed by atoms with Gasteiger partial charge in [0.25, 0.3) is 5.91 Å². The molecule has 7 heteroatoms. The first kappa shape index (κ1) is 23.6. The van der Waals surface area contributed by atoms with E-state index in [1.807, 2.05) is 24.4 Å². The van der Waals surface area contributed by atoms with Crippen LogP contribution < -0.4 is 15.5 Å². The number of amides is 2. The Labute approximate surface area is 206 Å². The maximum absolute atomic E-state index is 13.2. The van der Waals surface area contributed by atoms with Gasteiger partial charge in [-0.15, -0.1) is 0 Å². The number of aromatic amines is 1. The fourth-order valence-electron chi connectivity index (χ4n) is 5.32. The second-order valence-electron chi connectivity index (χ2n) is 9.66. The fraction of sp³-hybridized carbons (Fsp3) is 0.429. The minimum atomic E-state index is -0.327. The number of imide groups is 1. The molecule has 2 fully saturated rings. The van der Waals surface area contributed by atoms with Crippen molar-refractivity contribution < 1.29 is 14.3 Å². The third kappa shape index (κ3) is 5.74. The van der Waals surface area contributed by atoms with Crippen molar-refractivity contribution in [2.45, 2.75) is 38.1 Å². The van der Waals surface area contributed by atoms with Crippen molar-refractivity contribution in [2.75, 3.05) is 37.7 Å². The van der Waals surface area contributed by atoms with E-state index < -0.39 is 0 Å². The van der Waals surface area contributed by atoms with Crippen LogP contribution in [-0.4, -0.2) is 55.7 Å². The number of carbonyl (C=O) groups is 2. The van der Waals surface area contributed by atoms with E-state index in [9.17, 15) is 9.59 Å². The van der Waals surface area contributed by atoms with Gasteiger partial charge in [0, 0.05) is 49.2 Å². The molecule has 1 atom stereocenters. The van der Waals surface area contributed by atoms with Crippen LogP contribution in [0.5, 0.6) is 0 Å². The van der Waals surface area contributed by atoms with Gasteiger partial charge in [-0.3, -0.25) is 14.9 Å². The van der Waals surface area contributed by atoms with E-state index >= 15 is 0 Å². The molecule has 7 nitrogen and oxygen atoms in total. The van der Waals surface area contributed by atoms with Crippen LogP contribution >= 0.6 is 0 Å². The summed E-state index contributed by atoms with van der Waals surface area (Å²) >= 11 is 0. The number of piperidine rings is 1. The number of aromatic nitrogens is 1. The molecule has 2 aliphatic rings. The third-order valence-corrected chi connectivity index (χ3v) is 7.22. The van der Waals surface area contributed by atoms with Crippen molar-refractivity contribution in [3.05, 3.63) is 65.9 Å². The number of carbonyl (C=O) groups excluding carboxylic acids is 2. The van der Waals surface area contributed by atoms with Crippen molar-refractivity contribution in [2.24, 2.45) is 5.92 Å². The average Bonchev–Trinajstić information content (AvgIpc) is 3.38. The molecule has 35 heavy (non-hydrogen) atoms. The molecule has 2 aliphatic heterocycles. The van der Waals surface area contributed by atoms with Gasteiger partial charge in [-0.05, 0) is 55.4 Å². The molecule has 0 bridgehead atoms. The molecule has 3 heterocycles. The number of ether oxygens (including phenoxy) is 1. The highest BCUT2D eigenvalue weighted by molar-refractivity contribution is 6.12. The quantitative estimate of drug-likeness (QED) is 0.487. The number of fused-ring (bicyclic) bond motifs is 1. The van der Waals surface area contributed by atoms with Crippen LogP contribution in [0, 0.1) is 5.92 Å². The second-order valence-corrected chi connectivity index (χ2v) is 9.66. The Morgan fingerprint density at radius 2 is 1.89 bits per heavy atom. The molecular formula is C28H34N4O3. The summed E-state index contributed by atoms with van der Waals surface area (Å²) in [7, 11) is 0. The smallest absolute Gasteiger partial charge is 0.259 e. The average molecular weight is 475 g/mol. The lowest BCUT2D eigenvalue weighted by Gasteiger charge is -2.35. The minimum Gasteiger partial charge on any atom is -0.379 e. The highest BCUT2D eigenvalue weighted by atomic mass is 16.5. The van der Waals surface area contributed by atoms with Crippen molar-refractivity contribution in [3.8, 4) is 0 Å². The maximum atomic E-state index is 13.2. The Kier molecular flexibility index (Phi) is 7.45. The molecule has 0 spiro atoms. The predicted molar refractivity (Wildman–Crippen MR) is 138 cm³/mol. The normalized spacial score (nSPS) is 19.1. The van der Waals surface area contributed by atoms with Gasteiger partial charge < -0.3 is 19.9 Å². The Morgan fingerprint density at radius 3 is 2.66 bits per heavy atom. The first-order chi connectivity index (χ1) is 17.2. The number of benzene rings is 2. The van der Waals surface area contributed by atoms with Gasteiger partial charge in [0.1, 0.15) is 0 Å². The summed E-state index contributed by atoms with van der Waals surface area (Å²) in [6.07, 6.45) is 6.09. The Hall–Kier alpha value is -3.16. The van der Waals surface area contributed by atoms with Crippen LogP contribution in [0.15, 0.2) is 54.7 Å². The second kappa shape index (κ2) is 11.1. The van der Waals surface area contributed by atoms with Gasteiger partial charge in [-0.1, -0.05) is 30.3 Å². The third-order valence-electron chi connectivity index (χ3n) is 7.22. The van der Waals surface area contributed by atoms with Crippen LogP contribution in [-0.2, 0) is 16.0 Å². The van der Waals surface area contributed by atoms with E-state index in [4.69, 9.17) is 4.74 Å². The Balaban J connectivity index is 1.26. The lowest BCUT2D eigenvalue weighted by Crippen LogP contribution is -2.42. The largest absolute Gasteiger partial charge is 0.379 e. The van der Waals surface area contributed by atoms with Gasteiger partial charge in [0.2, 0.25) is 5.91 Å². The zero-order chi connectivity index (χ0) is 24.0. The number of rotatable bonds is 7. The van der Waals surface area contributed by atoms with Crippen molar-refractivity contribution in [1.82, 2.24) is 15.6 Å². The Morgan fingerprint density at radius 1 is 1.06 bits per heavy atom. The van der Waals surface area contributed by atoms with Crippen LogP contribution in [0.4, 0.5) is 5.69 Å². The predicted octanol–water partition coefficient (Wildman–Crippen LogP) is 3.65. The van der Waals surface area contributed by atoms with Crippen LogP contribution in [0.25, 0.3) is 10.9 Å². The zero-order valence-electron chi connectivity index (χ0n) is 20.1. The highest BCUT2D eigenvalue weighted by Crippen LogP contribution is 2.34. The lowest BCUT2D eigenvalue weighted by molar-refractivity contribution is -0.120. The number of anilines is 1. The summed E-state index contributed by atoms with van der Waals surface area (Å²) in [5.41, 5.74) is 3.87. The molecule has 5 rings (SSSR count). The van der Waals surface area contributed by atoms with Gasteiger partial charge >= 0.3 is 0 Å². The van der Waals surface area contributed by atoms with E-state index in [-0.39, 0.29) is 17.9 Å². The zero-order valence-corrected chi connectivity index (χ0v) is 20.1. The number of morpholine rings is 1. The van der Waals surface area contributed by atoms with E-state index in [0.29, 0.717) is 37.5 Å². The summed E-state index contributed by atoms with van der Waals surface area (Å²) in [5, 5.41) is 7.00. The van der Waals surface area contributed by atoms with Gasteiger partial charge in [0.05, 0.1) is 24.5 Å². The van der Waals surface area contributed by atoms with Gasteiger partial charge in [-0.2, -0.15) is 0 Å². The molecular weight excluding hydrogens is 440 g/mol. The SMILES string of the molecule is O=C(CCC1COCCN1)NC(=O)c1ccc2[nH]ccc2c1N1CCC(Cc2ccccc2)CC1. The number of hydrogen-bond donors (Lipinski definition) is 3. The van der Waals surface area contributed by atoms with Crippen LogP contribution in [0.3, 0.4) is 0 Å². The molecule has 0 radical (unpaired) electrons. The topological polar surface area (TPSA) is 86.5 Å². The van der Waals surface area contributed by atoms with E-state index in [1.54, 1.807) is 0 Å². The molecule has 1 unspecified atom stereocenters. The van der Waals surface area contributed by atoms with E-state index in [2.05, 4.69) is 50.8 Å². The molecule has 184 valence electrons. The summed E-state index contributed by atoms with van der Waals surface area (Å²) in [6, 6.07) is 16.6. The molecule has 2 amide bonds. The lowest BCUT2D eigenvalue weighted by atomic mass is 9.89. The van der Waals surface area contributed by atoms with Gasteiger partial charge in [-0.25, -0.2) is 0 Å². The number of hydrogen-bond acceptors (Lipinski definition) is 5. The summed E-state index contributed by atoms with van der Waals surface area (Å²) in [4.78, 5) is 31.4. The first-order valence-corrected chi connectivity index (χ1v) is 12.7.